The van der Waals surface area contributed by atoms with Crippen LogP contribution in [0.1, 0.15) is 19.4 Å². The quantitative estimate of drug-likeness (QED) is 0.561. The summed E-state index contributed by atoms with van der Waals surface area (Å²) in [6, 6.07) is 10.2. The predicted molar refractivity (Wildman–Crippen MR) is 88.3 cm³/mol. The van der Waals surface area contributed by atoms with Crippen molar-refractivity contribution in [3.63, 3.8) is 0 Å². The van der Waals surface area contributed by atoms with Gasteiger partial charge in [-0.1, -0.05) is 30.3 Å². The monoisotopic (exact) mass is 286 g/mol. The maximum absolute atomic E-state index is 5.40. The molecule has 2 rings (SSSR count). The summed E-state index contributed by atoms with van der Waals surface area (Å²) in [5.41, 5.74) is 9.12. The Morgan fingerprint density at radius 3 is 2.48 bits per heavy atom. The van der Waals surface area contributed by atoms with Crippen LogP contribution >= 0.6 is 0 Å². The van der Waals surface area contributed by atoms with Crippen LogP contribution < -0.4 is 11.0 Å². The molecule has 0 spiro atoms. The van der Waals surface area contributed by atoms with Crippen molar-refractivity contribution in [3.05, 3.63) is 48.6 Å². The number of hydrogen-bond acceptors (Lipinski definition) is 4. The van der Waals surface area contributed by atoms with Crippen LogP contribution in [0, 0.1) is 0 Å². The molecule has 2 aromatic carbocycles. The highest BCUT2D eigenvalue weighted by atomic mass is 16.6. The summed E-state index contributed by atoms with van der Waals surface area (Å²) >= 11 is 0. The van der Waals surface area contributed by atoms with Crippen molar-refractivity contribution in [1.82, 2.24) is 0 Å². The van der Waals surface area contributed by atoms with Crippen LogP contribution in [0.5, 0.6) is 0 Å². The molecule has 0 aliphatic heterocycles. The van der Waals surface area contributed by atoms with Crippen molar-refractivity contribution in [2.24, 2.45) is 0 Å². The van der Waals surface area contributed by atoms with Crippen molar-refractivity contribution in [1.29, 1.82) is 0 Å². The highest BCUT2D eigenvalue weighted by Crippen LogP contribution is 2.32. The Balaban J connectivity index is 2.51. The largest absolute Gasteiger partial charge is 0.276 e. The fraction of sp³-hybridized carbons (Fsp3) is 0.294. The first-order chi connectivity index (χ1) is 10.3. The number of hydrogen-bond donors (Lipinski definition) is 2. The summed E-state index contributed by atoms with van der Waals surface area (Å²) < 4.78 is 0. The topological polar surface area (TPSA) is 42.5 Å². The average Bonchev–Trinajstić information content (AvgIpc) is 2.51. The fourth-order valence-corrected chi connectivity index (χ4v) is 2.23. The van der Waals surface area contributed by atoms with Gasteiger partial charge in [0.05, 0.1) is 24.6 Å². The number of benzene rings is 2. The zero-order valence-corrected chi connectivity index (χ0v) is 12.6. The molecule has 2 N–H and O–H groups in total. The van der Waals surface area contributed by atoms with E-state index in [1.807, 2.05) is 32.1 Å². The lowest BCUT2D eigenvalue weighted by atomic mass is 10.0. The van der Waals surface area contributed by atoms with E-state index in [1.165, 1.54) is 0 Å². The lowest BCUT2D eigenvalue weighted by molar-refractivity contribution is 0.210. The Morgan fingerprint density at radius 2 is 1.76 bits per heavy atom. The number of rotatable bonds is 8. The number of nitrogens with one attached hydrogen (secondary N) is 2. The Kier molecular flexibility index (Phi) is 5.60. The van der Waals surface area contributed by atoms with Gasteiger partial charge in [0.25, 0.3) is 0 Å². The van der Waals surface area contributed by atoms with Crippen molar-refractivity contribution in [2.45, 2.75) is 20.3 Å². The van der Waals surface area contributed by atoms with Crippen LogP contribution in [0.15, 0.2) is 43.0 Å². The molecule has 0 saturated heterocycles. The average molecular weight is 286 g/mol. The van der Waals surface area contributed by atoms with E-state index < -0.39 is 0 Å². The molecule has 0 amide bonds. The Labute approximate surface area is 125 Å². The first-order valence-corrected chi connectivity index (χ1v) is 7.22. The minimum atomic E-state index is 0.598. The minimum Gasteiger partial charge on any atom is -0.276 e. The van der Waals surface area contributed by atoms with Crippen LogP contribution in [-0.2, 0) is 16.1 Å². The second-order valence-electron chi connectivity index (χ2n) is 4.56. The van der Waals surface area contributed by atoms with E-state index in [0.29, 0.717) is 13.2 Å². The molecule has 112 valence electrons. The third kappa shape index (κ3) is 3.54. The summed E-state index contributed by atoms with van der Waals surface area (Å²) in [4.78, 5) is 10.7. The summed E-state index contributed by atoms with van der Waals surface area (Å²) in [6.07, 6.45) is 2.68. The summed E-state index contributed by atoms with van der Waals surface area (Å²) in [5.74, 6) is 0. The zero-order chi connectivity index (χ0) is 15.1. The standard InChI is InChI=1S/C17H22N2O2/c1-4-8-13-11-12-14-15(17(13)19-21-6-3)9-7-10-16(14)18-20-5-2/h4,7,9-12,18-19H,1,5-6,8H2,2-3H3. The lowest BCUT2D eigenvalue weighted by Crippen LogP contribution is -2.05. The fourth-order valence-electron chi connectivity index (χ4n) is 2.23. The van der Waals surface area contributed by atoms with E-state index in [4.69, 9.17) is 9.68 Å². The molecule has 0 aliphatic rings. The second-order valence-corrected chi connectivity index (χ2v) is 4.56. The van der Waals surface area contributed by atoms with Gasteiger partial charge in [0.15, 0.2) is 0 Å². The zero-order valence-electron chi connectivity index (χ0n) is 12.6. The van der Waals surface area contributed by atoms with Gasteiger partial charge in [0.2, 0.25) is 0 Å². The third-order valence-corrected chi connectivity index (χ3v) is 3.16. The number of allylic oxidation sites excluding steroid dienone is 1. The van der Waals surface area contributed by atoms with E-state index in [0.717, 1.165) is 34.1 Å². The molecule has 0 fully saturated rings. The summed E-state index contributed by atoms with van der Waals surface area (Å²) in [7, 11) is 0. The Morgan fingerprint density at radius 1 is 1.00 bits per heavy atom. The van der Waals surface area contributed by atoms with Crippen molar-refractivity contribution in [2.75, 3.05) is 24.2 Å². The maximum Gasteiger partial charge on any atom is 0.0718 e. The maximum atomic E-state index is 5.40. The van der Waals surface area contributed by atoms with Crippen molar-refractivity contribution in [3.8, 4) is 0 Å². The van der Waals surface area contributed by atoms with Crippen LogP contribution in [0.25, 0.3) is 10.8 Å². The minimum absolute atomic E-state index is 0.598. The molecule has 0 heterocycles. The predicted octanol–water partition coefficient (Wildman–Crippen LogP) is 4.30. The molecule has 0 radical (unpaired) electrons. The molecular formula is C17H22N2O2. The van der Waals surface area contributed by atoms with Gasteiger partial charge in [-0.3, -0.25) is 20.6 Å². The van der Waals surface area contributed by atoms with Gasteiger partial charge in [-0.25, -0.2) is 0 Å². The van der Waals surface area contributed by atoms with E-state index >= 15 is 0 Å². The molecule has 0 saturated carbocycles. The Hall–Kier alpha value is -2.04. The molecule has 21 heavy (non-hydrogen) atoms. The molecule has 0 aliphatic carbocycles. The normalized spacial score (nSPS) is 10.6. The van der Waals surface area contributed by atoms with Crippen LogP contribution in [0.4, 0.5) is 11.4 Å². The highest BCUT2D eigenvalue weighted by molar-refractivity contribution is 6.02. The van der Waals surface area contributed by atoms with Gasteiger partial charge in [0, 0.05) is 10.8 Å². The van der Waals surface area contributed by atoms with Gasteiger partial charge in [-0.05, 0) is 31.9 Å². The van der Waals surface area contributed by atoms with Gasteiger partial charge in [-0.2, -0.15) is 0 Å². The Bertz CT molecular complexity index is 611. The molecule has 0 bridgehead atoms. The molecule has 0 unspecified atom stereocenters. The number of fused-ring (bicyclic) bond motifs is 1. The van der Waals surface area contributed by atoms with Crippen LogP contribution in [-0.4, -0.2) is 13.2 Å². The van der Waals surface area contributed by atoms with Gasteiger partial charge in [-0.15, -0.1) is 6.58 Å². The van der Waals surface area contributed by atoms with Gasteiger partial charge < -0.3 is 0 Å². The third-order valence-electron chi connectivity index (χ3n) is 3.16. The van der Waals surface area contributed by atoms with E-state index in [-0.39, 0.29) is 0 Å². The first-order valence-electron chi connectivity index (χ1n) is 7.22. The van der Waals surface area contributed by atoms with E-state index in [9.17, 15) is 0 Å². The van der Waals surface area contributed by atoms with Crippen LogP contribution in [0.2, 0.25) is 0 Å². The van der Waals surface area contributed by atoms with E-state index in [1.54, 1.807) is 0 Å². The summed E-state index contributed by atoms with van der Waals surface area (Å²) in [5, 5.41) is 2.17. The lowest BCUT2D eigenvalue weighted by Gasteiger charge is -2.16. The van der Waals surface area contributed by atoms with Crippen molar-refractivity contribution < 1.29 is 9.68 Å². The molecule has 2 aromatic rings. The van der Waals surface area contributed by atoms with Crippen LogP contribution in [0.3, 0.4) is 0 Å². The molecule has 4 nitrogen and oxygen atoms in total. The SMILES string of the molecule is C=CCc1ccc2c(NOCC)cccc2c1NOCC. The first kappa shape index (κ1) is 15.4. The van der Waals surface area contributed by atoms with Gasteiger partial charge in [0.1, 0.15) is 0 Å². The summed E-state index contributed by atoms with van der Waals surface area (Å²) in [6.45, 7) is 8.92. The van der Waals surface area contributed by atoms with Gasteiger partial charge >= 0.3 is 0 Å². The van der Waals surface area contributed by atoms with Crippen molar-refractivity contribution >= 4 is 22.1 Å². The molecule has 0 atom stereocenters. The molecule has 0 aromatic heterocycles. The molecule has 4 heteroatoms. The highest BCUT2D eigenvalue weighted by Gasteiger charge is 2.09. The molecular weight excluding hydrogens is 264 g/mol. The van der Waals surface area contributed by atoms with E-state index in [2.05, 4.69) is 35.7 Å². The number of anilines is 2. The second kappa shape index (κ2) is 7.67. The smallest absolute Gasteiger partial charge is 0.0718 e.